The van der Waals surface area contributed by atoms with E-state index in [9.17, 15) is 4.79 Å². The van der Waals surface area contributed by atoms with E-state index >= 15 is 0 Å². The fraction of sp³-hybridized carbons (Fsp3) is 0.455. The first-order valence-electron chi connectivity index (χ1n) is 5.33. The minimum Gasteiger partial charge on any atom is -0.272 e. The molecule has 0 saturated carbocycles. The largest absolute Gasteiger partial charge is 0.272 e. The van der Waals surface area contributed by atoms with E-state index in [-0.39, 0.29) is 5.91 Å². The summed E-state index contributed by atoms with van der Waals surface area (Å²) in [5, 5.41) is 5.54. The smallest absolute Gasteiger partial charge is 0.255 e. The highest BCUT2D eigenvalue weighted by Crippen LogP contribution is 2.18. The topological polar surface area (TPSA) is 58.5 Å². The van der Waals surface area contributed by atoms with E-state index in [1.54, 1.807) is 18.5 Å². The van der Waals surface area contributed by atoms with Crippen LogP contribution in [0.5, 0.6) is 0 Å². The molecule has 0 aromatic carbocycles. The highest BCUT2D eigenvalue weighted by Gasteiger charge is 2.26. The molecular weight excluding hydrogens is 204 g/mol. The van der Waals surface area contributed by atoms with Gasteiger partial charge in [-0.1, -0.05) is 13.8 Å². The van der Waals surface area contributed by atoms with Crippen LogP contribution in [0.4, 0.5) is 5.95 Å². The van der Waals surface area contributed by atoms with Crippen LogP contribution in [-0.2, 0) is 4.79 Å². The lowest BCUT2D eigenvalue weighted by Gasteiger charge is -2.07. The van der Waals surface area contributed by atoms with E-state index in [1.165, 1.54) is 5.01 Å². The van der Waals surface area contributed by atoms with Crippen molar-refractivity contribution in [2.24, 2.45) is 11.0 Å². The third kappa shape index (κ3) is 2.24. The third-order valence-corrected chi connectivity index (χ3v) is 2.22. The van der Waals surface area contributed by atoms with Gasteiger partial charge in [-0.2, -0.15) is 10.1 Å². The molecule has 2 rings (SSSR count). The van der Waals surface area contributed by atoms with Gasteiger partial charge in [0.2, 0.25) is 0 Å². The summed E-state index contributed by atoms with van der Waals surface area (Å²) in [6.07, 6.45) is 4.43. The van der Waals surface area contributed by atoms with Crippen LogP contribution >= 0.6 is 0 Å². The van der Waals surface area contributed by atoms with Gasteiger partial charge in [-0.3, -0.25) is 4.79 Å². The van der Waals surface area contributed by atoms with Gasteiger partial charge in [0, 0.05) is 18.1 Å². The number of nitrogens with zero attached hydrogens (tertiary/aromatic N) is 4. The number of hydrogen-bond acceptors (Lipinski definition) is 4. The highest BCUT2D eigenvalue weighted by molar-refractivity contribution is 6.12. The Morgan fingerprint density at radius 1 is 1.38 bits per heavy atom. The molecule has 0 N–H and O–H groups in total. The summed E-state index contributed by atoms with van der Waals surface area (Å²) < 4.78 is 0. The van der Waals surface area contributed by atoms with E-state index in [0.717, 1.165) is 12.1 Å². The first-order chi connectivity index (χ1) is 7.66. The maximum atomic E-state index is 11.7. The summed E-state index contributed by atoms with van der Waals surface area (Å²) in [4.78, 5) is 19.7. The van der Waals surface area contributed by atoms with Crippen molar-refractivity contribution in [3.63, 3.8) is 0 Å². The molecule has 2 heterocycles. The quantitative estimate of drug-likeness (QED) is 0.774. The Morgan fingerprint density at radius 3 is 2.69 bits per heavy atom. The molecule has 1 aliphatic heterocycles. The molecule has 1 aromatic heterocycles. The Labute approximate surface area is 94.2 Å². The van der Waals surface area contributed by atoms with Crippen molar-refractivity contribution in [3.8, 4) is 0 Å². The third-order valence-electron chi connectivity index (χ3n) is 2.22. The molecule has 0 atom stereocenters. The fourth-order valence-corrected chi connectivity index (χ4v) is 1.62. The Morgan fingerprint density at radius 2 is 2.06 bits per heavy atom. The van der Waals surface area contributed by atoms with E-state index in [0.29, 0.717) is 18.3 Å². The number of amides is 1. The molecular formula is C11H14N4O. The summed E-state index contributed by atoms with van der Waals surface area (Å²) in [6.45, 7) is 4.21. The fourth-order valence-electron chi connectivity index (χ4n) is 1.62. The maximum Gasteiger partial charge on any atom is 0.255 e. The van der Waals surface area contributed by atoms with E-state index in [1.807, 2.05) is 0 Å². The highest BCUT2D eigenvalue weighted by atomic mass is 16.2. The van der Waals surface area contributed by atoms with E-state index < -0.39 is 0 Å². The summed E-state index contributed by atoms with van der Waals surface area (Å²) >= 11 is 0. The molecule has 5 heteroatoms. The molecule has 0 aliphatic carbocycles. The lowest BCUT2D eigenvalue weighted by Crippen LogP contribution is -2.21. The monoisotopic (exact) mass is 218 g/mol. The van der Waals surface area contributed by atoms with Crippen molar-refractivity contribution in [3.05, 3.63) is 18.5 Å². The van der Waals surface area contributed by atoms with Gasteiger partial charge in [0.25, 0.3) is 11.9 Å². The van der Waals surface area contributed by atoms with Crippen molar-refractivity contribution >= 4 is 17.6 Å². The zero-order valence-electron chi connectivity index (χ0n) is 9.42. The molecule has 0 unspecified atom stereocenters. The molecule has 0 saturated heterocycles. The average Bonchev–Trinajstić information content (AvgIpc) is 2.60. The molecule has 16 heavy (non-hydrogen) atoms. The predicted molar refractivity (Wildman–Crippen MR) is 61.0 cm³/mol. The van der Waals surface area contributed by atoms with Crippen molar-refractivity contribution < 1.29 is 4.79 Å². The second-order valence-electron chi connectivity index (χ2n) is 4.20. The number of carbonyl (C=O) groups excluding carboxylic acids is 1. The summed E-state index contributed by atoms with van der Waals surface area (Å²) in [5.41, 5.74) is 0.910. The zero-order valence-corrected chi connectivity index (χ0v) is 9.42. The Bertz CT molecular complexity index is 413. The Balaban J connectivity index is 2.17. The second kappa shape index (κ2) is 4.38. The summed E-state index contributed by atoms with van der Waals surface area (Å²) in [5.74, 6) is 0.802. The number of anilines is 1. The first-order valence-corrected chi connectivity index (χ1v) is 5.33. The van der Waals surface area contributed by atoms with E-state index in [2.05, 4.69) is 28.9 Å². The predicted octanol–water partition coefficient (Wildman–Crippen LogP) is 1.62. The second-order valence-corrected chi connectivity index (χ2v) is 4.20. The van der Waals surface area contributed by atoms with Gasteiger partial charge in [0.15, 0.2) is 0 Å². The van der Waals surface area contributed by atoms with Crippen molar-refractivity contribution in [1.29, 1.82) is 0 Å². The normalized spacial score (nSPS) is 15.8. The SMILES string of the molecule is CC(C)CC1=NN(c2ncccn2)C(=O)C1. The lowest BCUT2D eigenvalue weighted by molar-refractivity contribution is -0.117. The molecule has 5 nitrogen and oxygen atoms in total. The number of carbonyl (C=O) groups is 1. The molecule has 0 radical (unpaired) electrons. The van der Waals surface area contributed by atoms with E-state index in [4.69, 9.17) is 0 Å². The van der Waals surface area contributed by atoms with Crippen LogP contribution in [0.15, 0.2) is 23.6 Å². The standard InChI is InChI=1S/C11H14N4O/c1-8(2)6-9-7-10(16)15(14-9)11-12-4-3-5-13-11/h3-5,8H,6-7H2,1-2H3. The molecule has 1 amide bonds. The number of rotatable bonds is 3. The average molecular weight is 218 g/mol. The van der Waals surface area contributed by atoms with Crippen LogP contribution in [0.1, 0.15) is 26.7 Å². The van der Waals surface area contributed by atoms with Crippen molar-refractivity contribution in [1.82, 2.24) is 9.97 Å². The van der Waals surface area contributed by atoms with Crippen LogP contribution in [-0.4, -0.2) is 21.6 Å². The van der Waals surface area contributed by atoms with Gasteiger partial charge in [-0.05, 0) is 18.4 Å². The van der Waals surface area contributed by atoms with Crippen LogP contribution in [0.2, 0.25) is 0 Å². The summed E-state index contributed by atoms with van der Waals surface area (Å²) in [7, 11) is 0. The molecule has 84 valence electrons. The number of hydrogen-bond donors (Lipinski definition) is 0. The number of aromatic nitrogens is 2. The van der Waals surface area contributed by atoms with Crippen LogP contribution < -0.4 is 5.01 Å². The van der Waals surface area contributed by atoms with Crippen LogP contribution in [0.25, 0.3) is 0 Å². The van der Waals surface area contributed by atoms with Crippen LogP contribution in [0.3, 0.4) is 0 Å². The Kier molecular flexibility index (Phi) is 2.94. The van der Waals surface area contributed by atoms with Gasteiger partial charge in [0.1, 0.15) is 0 Å². The van der Waals surface area contributed by atoms with Gasteiger partial charge in [0.05, 0.1) is 6.42 Å². The molecule has 1 aromatic rings. The lowest BCUT2D eigenvalue weighted by atomic mass is 10.1. The van der Waals surface area contributed by atoms with Crippen molar-refractivity contribution in [2.45, 2.75) is 26.7 Å². The maximum absolute atomic E-state index is 11.7. The first kappa shape index (κ1) is 10.7. The van der Waals surface area contributed by atoms with Crippen molar-refractivity contribution in [2.75, 3.05) is 5.01 Å². The Hall–Kier alpha value is -1.78. The minimum absolute atomic E-state index is 0.0538. The number of hydrazone groups is 1. The molecule has 0 fully saturated rings. The van der Waals surface area contributed by atoms with Gasteiger partial charge in [-0.15, -0.1) is 0 Å². The molecule has 1 aliphatic rings. The van der Waals surface area contributed by atoms with Gasteiger partial charge in [-0.25, -0.2) is 9.97 Å². The zero-order chi connectivity index (χ0) is 11.5. The molecule has 0 bridgehead atoms. The minimum atomic E-state index is -0.0538. The molecule has 0 spiro atoms. The van der Waals surface area contributed by atoms with Gasteiger partial charge >= 0.3 is 0 Å². The summed E-state index contributed by atoms with van der Waals surface area (Å²) in [6, 6.07) is 1.71. The van der Waals surface area contributed by atoms with Gasteiger partial charge < -0.3 is 0 Å². The van der Waals surface area contributed by atoms with Crippen LogP contribution in [0, 0.1) is 5.92 Å².